The van der Waals surface area contributed by atoms with Crippen molar-refractivity contribution in [2.75, 3.05) is 32.8 Å². The van der Waals surface area contributed by atoms with Crippen molar-refractivity contribution in [1.29, 1.82) is 0 Å². The summed E-state index contributed by atoms with van der Waals surface area (Å²) in [6.07, 6.45) is 4.05. The monoisotopic (exact) mass is 392 g/mol. The van der Waals surface area contributed by atoms with E-state index in [4.69, 9.17) is 4.74 Å². The van der Waals surface area contributed by atoms with Gasteiger partial charge in [0, 0.05) is 50.7 Å². The second kappa shape index (κ2) is 8.45. The molecule has 0 unspecified atom stereocenters. The number of benzene rings is 1. The number of rotatable bonds is 6. The summed E-state index contributed by atoms with van der Waals surface area (Å²) in [4.78, 5) is 32.7. The zero-order valence-electron chi connectivity index (χ0n) is 16.5. The molecule has 4 rings (SSSR count). The third kappa shape index (κ3) is 4.63. The number of imidazole rings is 1. The number of ketones is 1. The predicted octanol–water partition coefficient (Wildman–Crippen LogP) is 2.26. The van der Waals surface area contributed by atoms with Gasteiger partial charge in [-0.15, -0.1) is 0 Å². The van der Waals surface area contributed by atoms with Gasteiger partial charge in [0.15, 0.2) is 12.4 Å². The summed E-state index contributed by atoms with van der Waals surface area (Å²) in [6, 6.07) is 12.9. The minimum Gasteiger partial charge on any atom is -0.484 e. The number of hydrogen-bond donors (Lipinski definition) is 0. The Kier molecular flexibility index (Phi) is 5.57. The third-order valence-corrected chi connectivity index (χ3v) is 5.13. The van der Waals surface area contributed by atoms with Crippen molar-refractivity contribution in [1.82, 2.24) is 19.2 Å². The van der Waals surface area contributed by atoms with Crippen LogP contribution in [0.25, 0.3) is 5.65 Å². The molecule has 0 bridgehead atoms. The second-order valence-electron chi connectivity index (χ2n) is 7.23. The maximum atomic E-state index is 12.5. The average Bonchev–Trinajstić information content (AvgIpc) is 3.15. The van der Waals surface area contributed by atoms with Crippen LogP contribution in [0.2, 0.25) is 0 Å². The number of pyridine rings is 1. The van der Waals surface area contributed by atoms with Crippen LogP contribution in [-0.4, -0.2) is 63.7 Å². The van der Waals surface area contributed by atoms with E-state index in [-0.39, 0.29) is 18.3 Å². The Labute approximate surface area is 169 Å². The lowest BCUT2D eigenvalue weighted by Crippen LogP contribution is -2.49. The Morgan fingerprint density at radius 1 is 1.07 bits per heavy atom. The van der Waals surface area contributed by atoms with E-state index in [1.165, 1.54) is 6.92 Å². The fourth-order valence-electron chi connectivity index (χ4n) is 3.49. The molecule has 0 atom stereocenters. The summed E-state index contributed by atoms with van der Waals surface area (Å²) in [6.45, 7) is 5.22. The fourth-order valence-corrected chi connectivity index (χ4v) is 3.49. The van der Waals surface area contributed by atoms with E-state index in [1.807, 2.05) is 33.7 Å². The number of carbonyl (C=O) groups is 2. The van der Waals surface area contributed by atoms with Gasteiger partial charge in [-0.1, -0.05) is 18.2 Å². The SMILES string of the molecule is CC(=O)c1cccc(OCC(=O)N2CCN(Cc3cn4ccccc4n3)CC2)c1. The number of carbonyl (C=O) groups excluding carboxylic acids is 2. The molecule has 3 heterocycles. The van der Waals surface area contributed by atoms with Crippen LogP contribution in [0.4, 0.5) is 0 Å². The molecule has 0 aliphatic carbocycles. The van der Waals surface area contributed by atoms with Crippen LogP contribution in [0.1, 0.15) is 23.0 Å². The highest BCUT2D eigenvalue weighted by atomic mass is 16.5. The summed E-state index contributed by atoms with van der Waals surface area (Å²) in [5, 5.41) is 0. The van der Waals surface area contributed by atoms with Gasteiger partial charge in [-0.05, 0) is 31.2 Å². The first kappa shape index (κ1) is 19.1. The number of ether oxygens (including phenoxy) is 1. The summed E-state index contributed by atoms with van der Waals surface area (Å²) < 4.78 is 7.62. The molecule has 1 aliphatic rings. The largest absolute Gasteiger partial charge is 0.484 e. The number of amides is 1. The molecule has 2 aromatic heterocycles. The number of piperazine rings is 1. The Balaban J connectivity index is 1.26. The maximum absolute atomic E-state index is 12.5. The lowest BCUT2D eigenvalue weighted by atomic mass is 10.1. The molecule has 3 aromatic rings. The van der Waals surface area contributed by atoms with E-state index in [0.29, 0.717) is 24.4 Å². The Morgan fingerprint density at radius 3 is 2.66 bits per heavy atom. The molecule has 0 N–H and O–H groups in total. The third-order valence-electron chi connectivity index (χ3n) is 5.13. The van der Waals surface area contributed by atoms with Gasteiger partial charge in [0.05, 0.1) is 5.69 Å². The second-order valence-corrected chi connectivity index (χ2v) is 7.23. The van der Waals surface area contributed by atoms with E-state index in [2.05, 4.69) is 16.1 Å². The first-order chi connectivity index (χ1) is 14.1. The maximum Gasteiger partial charge on any atom is 0.260 e. The molecular weight excluding hydrogens is 368 g/mol. The Bertz CT molecular complexity index is 989. The zero-order valence-corrected chi connectivity index (χ0v) is 16.5. The number of hydrogen-bond acceptors (Lipinski definition) is 5. The van der Waals surface area contributed by atoms with E-state index in [0.717, 1.165) is 31.0 Å². The van der Waals surface area contributed by atoms with E-state index >= 15 is 0 Å². The number of aromatic nitrogens is 2. The van der Waals surface area contributed by atoms with E-state index < -0.39 is 0 Å². The predicted molar refractivity (Wildman–Crippen MR) is 109 cm³/mol. The lowest BCUT2D eigenvalue weighted by molar-refractivity contribution is -0.135. The van der Waals surface area contributed by atoms with Crippen LogP contribution in [0, 0.1) is 0 Å². The summed E-state index contributed by atoms with van der Waals surface area (Å²) in [5.41, 5.74) is 2.56. The Morgan fingerprint density at radius 2 is 1.90 bits per heavy atom. The molecular formula is C22H24N4O3. The van der Waals surface area contributed by atoms with Crippen molar-refractivity contribution in [2.45, 2.75) is 13.5 Å². The highest BCUT2D eigenvalue weighted by molar-refractivity contribution is 5.94. The molecule has 1 aromatic carbocycles. The molecule has 7 heteroatoms. The standard InChI is InChI=1S/C22H24N4O3/c1-17(27)18-5-4-6-20(13-18)29-16-22(28)25-11-9-24(10-12-25)14-19-15-26-8-3-2-7-21(26)23-19/h2-8,13,15H,9-12,14,16H2,1H3. The van der Waals surface area contributed by atoms with Crippen molar-refractivity contribution in [3.8, 4) is 5.75 Å². The average molecular weight is 392 g/mol. The van der Waals surface area contributed by atoms with Crippen LogP contribution in [0.3, 0.4) is 0 Å². The minimum atomic E-state index is -0.0365. The first-order valence-corrected chi connectivity index (χ1v) is 9.75. The molecule has 150 valence electrons. The van der Waals surface area contributed by atoms with Gasteiger partial charge in [-0.25, -0.2) is 4.98 Å². The lowest BCUT2D eigenvalue weighted by Gasteiger charge is -2.34. The van der Waals surface area contributed by atoms with Gasteiger partial charge in [-0.2, -0.15) is 0 Å². The van der Waals surface area contributed by atoms with E-state index in [1.54, 1.807) is 24.3 Å². The van der Waals surface area contributed by atoms with Crippen LogP contribution >= 0.6 is 0 Å². The molecule has 0 radical (unpaired) electrons. The number of nitrogens with zero attached hydrogens (tertiary/aromatic N) is 4. The van der Waals surface area contributed by atoms with Gasteiger partial charge in [0.25, 0.3) is 5.91 Å². The number of Topliss-reactive ketones (excluding diaryl/α,β-unsaturated/α-hetero) is 1. The molecule has 7 nitrogen and oxygen atoms in total. The molecule has 1 fully saturated rings. The fraction of sp³-hybridized carbons (Fsp3) is 0.318. The van der Waals surface area contributed by atoms with Gasteiger partial charge in [-0.3, -0.25) is 14.5 Å². The van der Waals surface area contributed by atoms with Crippen molar-refractivity contribution < 1.29 is 14.3 Å². The topological polar surface area (TPSA) is 67.2 Å². The normalized spacial score (nSPS) is 14.9. The van der Waals surface area contributed by atoms with E-state index in [9.17, 15) is 9.59 Å². The van der Waals surface area contributed by atoms with Crippen molar-refractivity contribution in [2.24, 2.45) is 0 Å². The van der Waals surface area contributed by atoms with Gasteiger partial charge < -0.3 is 14.0 Å². The molecule has 29 heavy (non-hydrogen) atoms. The smallest absolute Gasteiger partial charge is 0.260 e. The van der Waals surface area contributed by atoms with Gasteiger partial charge >= 0.3 is 0 Å². The Hall–Kier alpha value is -3.19. The number of fused-ring (bicyclic) bond motifs is 1. The highest BCUT2D eigenvalue weighted by Gasteiger charge is 2.22. The highest BCUT2D eigenvalue weighted by Crippen LogP contribution is 2.15. The van der Waals surface area contributed by atoms with Gasteiger partial charge in [0.2, 0.25) is 0 Å². The molecule has 0 saturated carbocycles. The van der Waals surface area contributed by atoms with Crippen molar-refractivity contribution in [3.63, 3.8) is 0 Å². The van der Waals surface area contributed by atoms with Crippen LogP contribution < -0.4 is 4.74 Å². The molecule has 1 saturated heterocycles. The zero-order chi connectivity index (χ0) is 20.2. The molecule has 0 spiro atoms. The summed E-state index contributed by atoms with van der Waals surface area (Å²) >= 11 is 0. The molecule has 1 aliphatic heterocycles. The molecule has 1 amide bonds. The van der Waals surface area contributed by atoms with Crippen LogP contribution in [-0.2, 0) is 11.3 Å². The summed E-state index contributed by atoms with van der Waals surface area (Å²) in [5.74, 6) is 0.477. The first-order valence-electron chi connectivity index (χ1n) is 9.75. The quantitative estimate of drug-likeness (QED) is 0.602. The van der Waals surface area contributed by atoms with Gasteiger partial charge in [0.1, 0.15) is 11.4 Å². The summed E-state index contributed by atoms with van der Waals surface area (Å²) in [7, 11) is 0. The van der Waals surface area contributed by atoms with Crippen molar-refractivity contribution >= 4 is 17.3 Å². The van der Waals surface area contributed by atoms with Crippen LogP contribution in [0.5, 0.6) is 5.75 Å². The van der Waals surface area contributed by atoms with Crippen LogP contribution in [0.15, 0.2) is 54.9 Å². The minimum absolute atomic E-state index is 0.0200. The van der Waals surface area contributed by atoms with Crippen molar-refractivity contribution in [3.05, 3.63) is 66.1 Å².